The van der Waals surface area contributed by atoms with Crippen LogP contribution in [-0.2, 0) is 19.1 Å². The molecule has 2 aliphatic rings. The van der Waals surface area contributed by atoms with Gasteiger partial charge in [0.15, 0.2) is 6.10 Å². The average molecular weight is 278 g/mol. The summed E-state index contributed by atoms with van der Waals surface area (Å²) in [6.07, 6.45) is 2.57. The molecular weight excluding hydrogens is 256 g/mol. The average Bonchev–Trinajstić information content (AvgIpc) is 3.07. The number of carbonyl (C=O) groups is 2. The largest absolute Gasteiger partial charge is 0.481 e. The number of hydrogen-bond acceptors (Lipinski definition) is 5. The Morgan fingerprint density at radius 3 is 1.37 bits per heavy atom. The van der Waals surface area contributed by atoms with Crippen molar-refractivity contribution in [3.05, 3.63) is 0 Å². The molecule has 0 aromatic heterocycles. The number of carboxylic acids is 2. The predicted octanol–water partition coefficient (Wildman–Crippen LogP) is 0.500. The highest BCUT2D eigenvalue weighted by Gasteiger charge is 2.16. The Balaban J connectivity index is 0.000000273. The van der Waals surface area contributed by atoms with Crippen molar-refractivity contribution in [1.82, 2.24) is 0 Å². The Labute approximate surface area is 112 Å². The number of aliphatic hydroxyl groups excluding tert-OH is 1. The Morgan fingerprint density at radius 2 is 1.26 bits per heavy atom. The summed E-state index contributed by atoms with van der Waals surface area (Å²) < 4.78 is 9.89. The molecule has 0 bridgehead atoms. The van der Waals surface area contributed by atoms with Crippen molar-refractivity contribution in [1.29, 1.82) is 0 Å². The van der Waals surface area contributed by atoms with E-state index in [0.717, 1.165) is 26.4 Å². The molecule has 0 amide bonds. The van der Waals surface area contributed by atoms with Gasteiger partial charge in [-0.05, 0) is 25.7 Å². The molecule has 0 spiro atoms. The maximum absolute atomic E-state index is 9.72. The summed E-state index contributed by atoms with van der Waals surface area (Å²) in [5.41, 5.74) is 0. The van der Waals surface area contributed by atoms with Gasteiger partial charge in [0.25, 0.3) is 0 Å². The summed E-state index contributed by atoms with van der Waals surface area (Å²) in [6.45, 7) is 4.00. The number of rotatable bonds is 3. The lowest BCUT2D eigenvalue weighted by molar-refractivity contribution is -0.152. The quantitative estimate of drug-likeness (QED) is 0.688. The first-order valence-corrected chi connectivity index (χ1v) is 6.32. The van der Waals surface area contributed by atoms with Crippen LogP contribution in [0.2, 0.25) is 0 Å². The molecule has 0 saturated carbocycles. The summed E-state index contributed by atoms with van der Waals surface area (Å²) in [6, 6.07) is 0. The van der Waals surface area contributed by atoms with Crippen molar-refractivity contribution >= 4 is 11.9 Å². The maximum Gasteiger partial charge on any atom is 0.333 e. The van der Waals surface area contributed by atoms with Gasteiger partial charge in [-0.1, -0.05) is 0 Å². The van der Waals surface area contributed by atoms with Gasteiger partial charge >= 0.3 is 11.9 Å². The third-order valence-electron chi connectivity index (χ3n) is 2.31. The van der Waals surface area contributed by atoms with Crippen LogP contribution in [0.25, 0.3) is 0 Å². The van der Waals surface area contributed by atoms with Crippen LogP contribution in [-0.4, -0.2) is 59.8 Å². The molecule has 112 valence electrons. The van der Waals surface area contributed by atoms with Gasteiger partial charge < -0.3 is 24.8 Å². The first kappa shape index (κ1) is 17.8. The van der Waals surface area contributed by atoms with Gasteiger partial charge in [0.1, 0.15) is 0 Å². The van der Waals surface area contributed by atoms with Crippen LogP contribution in [0.5, 0.6) is 0 Å². The molecule has 2 fully saturated rings. The lowest BCUT2D eigenvalue weighted by Crippen LogP contribution is -2.22. The third-order valence-corrected chi connectivity index (χ3v) is 2.31. The van der Waals surface area contributed by atoms with E-state index in [-0.39, 0.29) is 0 Å². The van der Waals surface area contributed by atoms with Gasteiger partial charge in [0.2, 0.25) is 0 Å². The topological polar surface area (TPSA) is 113 Å². The molecule has 19 heavy (non-hydrogen) atoms. The molecule has 1 unspecified atom stereocenters. The van der Waals surface area contributed by atoms with Crippen molar-refractivity contribution in [2.45, 2.75) is 38.2 Å². The van der Waals surface area contributed by atoms with Gasteiger partial charge in [-0.15, -0.1) is 0 Å². The van der Waals surface area contributed by atoms with Gasteiger partial charge in [0.05, 0.1) is 6.42 Å². The van der Waals surface area contributed by atoms with Gasteiger partial charge in [0, 0.05) is 26.4 Å². The highest BCUT2D eigenvalue weighted by atomic mass is 16.5. The normalized spacial score (nSPS) is 18.6. The highest BCUT2D eigenvalue weighted by Crippen LogP contribution is 1.98. The Morgan fingerprint density at radius 1 is 0.895 bits per heavy atom. The SMILES string of the molecule is C1CCOC1.C1CCOC1.O=C(O)CC(O)C(=O)O. The van der Waals surface area contributed by atoms with E-state index in [9.17, 15) is 9.59 Å². The predicted molar refractivity (Wildman–Crippen MR) is 66.0 cm³/mol. The first-order chi connectivity index (χ1) is 9.04. The molecule has 2 saturated heterocycles. The number of ether oxygens (including phenoxy) is 2. The van der Waals surface area contributed by atoms with E-state index in [0.29, 0.717) is 0 Å². The Bertz CT molecular complexity index is 221. The van der Waals surface area contributed by atoms with Crippen molar-refractivity contribution in [2.24, 2.45) is 0 Å². The molecule has 3 N–H and O–H groups in total. The van der Waals surface area contributed by atoms with Gasteiger partial charge in [-0.25, -0.2) is 4.79 Å². The zero-order valence-electron chi connectivity index (χ0n) is 10.9. The van der Waals surface area contributed by atoms with Crippen molar-refractivity contribution < 1.29 is 34.4 Å². The second kappa shape index (κ2) is 11.9. The fourth-order valence-corrected chi connectivity index (χ4v) is 1.27. The molecule has 0 radical (unpaired) electrons. The first-order valence-electron chi connectivity index (χ1n) is 6.32. The zero-order valence-corrected chi connectivity index (χ0v) is 10.9. The van der Waals surface area contributed by atoms with Crippen LogP contribution in [0.3, 0.4) is 0 Å². The third kappa shape index (κ3) is 13.1. The Kier molecular flexibility index (Phi) is 11.1. The lowest BCUT2D eigenvalue weighted by Gasteiger charge is -1.97. The van der Waals surface area contributed by atoms with Crippen LogP contribution in [0.4, 0.5) is 0 Å². The molecule has 0 aromatic rings. The van der Waals surface area contributed by atoms with Gasteiger partial charge in [-0.3, -0.25) is 4.79 Å². The molecule has 1 atom stereocenters. The standard InChI is InChI=1S/C4H6O5.2C4H8O/c5-2(4(8)9)1-3(6)7;2*1-2-4-5-3-1/h2,5H,1H2,(H,6,7)(H,8,9);2*1-4H2. The van der Waals surface area contributed by atoms with Gasteiger partial charge in [-0.2, -0.15) is 0 Å². The monoisotopic (exact) mass is 278 g/mol. The smallest absolute Gasteiger partial charge is 0.333 e. The van der Waals surface area contributed by atoms with Crippen LogP contribution in [0.15, 0.2) is 0 Å². The van der Waals surface area contributed by atoms with E-state index in [2.05, 4.69) is 0 Å². The molecule has 7 nitrogen and oxygen atoms in total. The zero-order chi connectivity index (χ0) is 14.5. The van der Waals surface area contributed by atoms with Crippen molar-refractivity contribution in [2.75, 3.05) is 26.4 Å². The van der Waals surface area contributed by atoms with Crippen LogP contribution in [0, 0.1) is 0 Å². The van der Waals surface area contributed by atoms with Crippen molar-refractivity contribution in [3.63, 3.8) is 0 Å². The minimum Gasteiger partial charge on any atom is -0.481 e. The van der Waals surface area contributed by atoms with E-state index in [1.807, 2.05) is 0 Å². The molecule has 0 aromatic carbocycles. The van der Waals surface area contributed by atoms with Crippen molar-refractivity contribution in [3.8, 4) is 0 Å². The Hall–Kier alpha value is -1.18. The molecule has 2 rings (SSSR count). The second-order valence-corrected chi connectivity index (χ2v) is 4.09. The van der Waals surface area contributed by atoms with Crippen LogP contribution < -0.4 is 0 Å². The number of hydrogen-bond donors (Lipinski definition) is 3. The summed E-state index contributed by atoms with van der Waals surface area (Å²) in [7, 11) is 0. The minimum absolute atomic E-state index is 0.755. The maximum atomic E-state index is 9.72. The van der Waals surface area contributed by atoms with E-state index in [1.165, 1.54) is 25.7 Å². The second-order valence-electron chi connectivity index (χ2n) is 4.09. The number of aliphatic hydroxyl groups is 1. The lowest BCUT2D eigenvalue weighted by atomic mass is 10.3. The summed E-state index contributed by atoms with van der Waals surface area (Å²) >= 11 is 0. The minimum atomic E-state index is -1.79. The van der Waals surface area contributed by atoms with E-state index in [1.54, 1.807) is 0 Å². The highest BCUT2D eigenvalue weighted by molar-refractivity contribution is 5.79. The number of aliphatic carboxylic acids is 2. The molecule has 0 aliphatic carbocycles. The molecule has 2 heterocycles. The van der Waals surface area contributed by atoms with E-state index < -0.39 is 24.5 Å². The summed E-state index contributed by atoms with van der Waals surface area (Å²) in [5, 5.41) is 24.1. The fourth-order valence-electron chi connectivity index (χ4n) is 1.27. The fraction of sp³-hybridized carbons (Fsp3) is 0.833. The van der Waals surface area contributed by atoms with E-state index >= 15 is 0 Å². The van der Waals surface area contributed by atoms with E-state index in [4.69, 9.17) is 24.8 Å². The van der Waals surface area contributed by atoms with Crippen LogP contribution >= 0.6 is 0 Å². The molecule has 2 aliphatic heterocycles. The summed E-state index contributed by atoms with van der Waals surface area (Å²) in [4.78, 5) is 19.4. The molecule has 7 heteroatoms. The molecular formula is C12H22O7. The number of carboxylic acid groups (broad SMARTS) is 2. The summed E-state index contributed by atoms with van der Waals surface area (Å²) in [5.74, 6) is -2.85. The van der Waals surface area contributed by atoms with Crippen LogP contribution in [0.1, 0.15) is 32.1 Å².